The smallest absolute Gasteiger partial charge is 0.163 e. The molecule has 0 amide bonds. The topological polar surface area (TPSA) is 20.3 Å². The van der Waals surface area contributed by atoms with Crippen molar-refractivity contribution < 1.29 is 4.79 Å². The van der Waals surface area contributed by atoms with Gasteiger partial charge in [-0.05, 0) is 50.3 Å². The van der Waals surface area contributed by atoms with E-state index in [0.717, 1.165) is 18.5 Å². The standard InChI is InChI=1S/C14H21NOS.BrH/c16-14(13-7-11-17-12-13)6-5-10-15-8-3-1-2-4-9-15;/h7,11-12H,1-6,8-10H2;1H. The van der Waals surface area contributed by atoms with Crippen molar-refractivity contribution in [1.29, 1.82) is 0 Å². The van der Waals surface area contributed by atoms with E-state index in [4.69, 9.17) is 0 Å². The van der Waals surface area contributed by atoms with Crippen LogP contribution in [0.5, 0.6) is 0 Å². The summed E-state index contributed by atoms with van der Waals surface area (Å²) in [4.78, 5) is 14.3. The molecule has 0 unspecified atom stereocenters. The number of halogens is 1. The lowest BCUT2D eigenvalue weighted by Gasteiger charge is -2.19. The highest BCUT2D eigenvalue weighted by atomic mass is 79.9. The molecule has 1 saturated heterocycles. The zero-order chi connectivity index (χ0) is 11.9. The molecule has 1 fully saturated rings. The first-order chi connectivity index (χ1) is 8.36. The van der Waals surface area contributed by atoms with Crippen LogP contribution in [0.4, 0.5) is 0 Å². The minimum atomic E-state index is 0. The summed E-state index contributed by atoms with van der Waals surface area (Å²) in [6, 6.07) is 1.93. The molecule has 4 heteroatoms. The number of carbonyl (C=O) groups excluding carboxylic acids is 1. The van der Waals surface area contributed by atoms with Crippen molar-refractivity contribution in [2.24, 2.45) is 0 Å². The zero-order valence-corrected chi connectivity index (χ0v) is 13.3. The fourth-order valence-electron chi connectivity index (χ4n) is 2.39. The van der Waals surface area contributed by atoms with Crippen LogP contribution in [0.3, 0.4) is 0 Å². The van der Waals surface area contributed by atoms with Crippen LogP contribution in [-0.2, 0) is 0 Å². The number of nitrogens with zero attached hydrogens (tertiary/aromatic N) is 1. The molecule has 0 radical (unpaired) electrons. The highest BCUT2D eigenvalue weighted by Crippen LogP contribution is 2.12. The number of thiophene rings is 1. The molecule has 0 saturated carbocycles. The van der Waals surface area contributed by atoms with Crippen LogP contribution in [0.25, 0.3) is 0 Å². The van der Waals surface area contributed by atoms with Gasteiger partial charge in [0, 0.05) is 17.4 Å². The highest BCUT2D eigenvalue weighted by molar-refractivity contribution is 8.93. The number of rotatable bonds is 5. The van der Waals surface area contributed by atoms with Crippen molar-refractivity contribution in [2.45, 2.75) is 38.5 Å². The van der Waals surface area contributed by atoms with E-state index in [2.05, 4.69) is 4.90 Å². The van der Waals surface area contributed by atoms with Gasteiger partial charge in [0.15, 0.2) is 5.78 Å². The first kappa shape index (κ1) is 15.9. The Hall–Kier alpha value is -0.190. The Balaban J connectivity index is 0.00000162. The third-order valence-corrected chi connectivity index (χ3v) is 4.10. The Morgan fingerprint density at radius 3 is 2.56 bits per heavy atom. The first-order valence-corrected chi connectivity index (χ1v) is 7.58. The number of Topliss-reactive ketones (excluding diaryl/α,β-unsaturated/α-hetero) is 1. The summed E-state index contributed by atoms with van der Waals surface area (Å²) < 4.78 is 0. The van der Waals surface area contributed by atoms with Gasteiger partial charge in [0.05, 0.1) is 0 Å². The maximum atomic E-state index is 11.8. The largest absolute Gasteiger partial charge is 0.303 e. The fourth-order valence-corrected chi connectivity index (χ4v) is 3.05. The van der Waals surface area contributed by atoms with E-state index in [-0.39, 0.29) is 17.0 Å². The molecule has 2 heterocycles. The van der Waals surface area contributed by atoms with Crippen LogP contribution in [0.1, 0.15) is 48.9 Å². The van der Waals surface area contributed by atoms with Crippen molar-refractivity contribution in [1.82, 2.24) is 4.90 Å². The molecule has 0 N–H and O–H groups in total. The molecule has 1 aromatic rings. The van der Waals surface area contributed by atoms with Gasteiger partial charge in [0.1, 0.15) is 0 Å². The van der Waals surface area contributed by atoms with Gasteiger partial charge in [-0.25, -0.2) is 0 Å². The Morgan fingerprint density at radius 2 is 1.94 bits per heavy atom. The predicted octanol–water partition coefficient (Wildman–Crippen LogP) is 4.16. The molecule has 0 bridgehead atoms. The maximum Gasteiger partial charge on any atom is 0.163 e. The van der Waals surface area contributed by atoms with E-state index in [1.54, 1.807) is 11.3 Å². The second-order valence-corrected chi connectivity index (χ2v) is 5.57. The van der Waals surface area contributed by atoms with Crippen molar-refractivity contribution in [2.75, 3.05) is 19.6 Å². The third-order valence-electron chi connectivity index (χ3n) is 3.42. The van der Waals surface area contributed by atoms with Crippen LogP contribution in [0.2, 0.25) is 0 Å². The summed E-state index contributed by atoms with van der Waals surface area (Å²) in [5, 5.41) is 3.93. The number of hydrogen-bond donors (Lipinski definition) is 0. The number of carbonyl (C=O) groups is 1. The average Bonchev–Trinajstić information content (AvgIpc) is 2.75. The van der Waals surface area contributed by atoms with E-state index in [1.807, 2.05) is 16.8 Å². The van der Waals surface area contributed by atoms with E-state index < -0.39 is 0 Å². The molecular formula is C14H22BrNOS. The molecular weight excluding hydrogens is 310 g/mol. The number of ketones is 1. The molecule has 102 valence electrons. The van der Waals surface area contributed by atoms with Crippen LogP contribution in [0, 0.1) is 0 Å². The molecule has 0 aromatic carbocycles. The normalized spacial score (nSPS) is 16.9. The minimum absolute atomic E-state index is 0. The maximum absolute atomic E-state index is 11.8. The summed E-state index contributed by atoms with van der Waals surface area (Å²) in [7, 11) is 0. The van der Waals surface area contributed by atoms with Gasteiger partial charge in [-0.15, -0.1) is 17.0 Å². The molecule has 0 atom stereocenters. The molecule has 1 aromatic heterocycles. The lowest BCUT2D eigenvalue weighted by Crippen LogP contribution is -2.26. The van der Waals surface area contributed by atoms with Gasteiger partial charge < -0.3 is 4.90 Å². The van der Waals surface area contributed by atoms with Gasteiger partial charge in [-0.1, -0.05) is 12.8 Å². The first-order valence-electron chi connectivity index (χ1n) is 6.64. The molecule has 0 aliphatic carbocycles. The molecule has 18 heavy (non-hydrogen) atoms. The van der Waals surface area contributed by atoms with Crippen molar-refractivity contribution >= 4 is 34.1 Å². The van der Waals surface area contributed by atoms with Crippen LogP contribution in [-0.4, -0.2) is 30.3 Å². The highest BCUT2D eigenvalue weighted by Gasteiger charge is 2.10. The van der Waals surface area contributed by atoms with E-state index in [1.165, 1.54) is 38.8 Å². The summed E-state index contributed by atoms with van der Waals surface area (Å²) >= 11 is 1.60. The lowest BCUT2D eigenvalue weighted by molar-refractivity contribution is 0.0975. The van der Waals surface area contributed by atoms with Crippen LogP contribution < -0.4 is 0 Å². The lowest BCUT2D eigenvalue weighted by atomic mass is 10.1. The Bertz CT molecular complexity index is 332. The van der Waals surface area contributed by atoms with E-state index in [0.29, 0.717) is 12.2 Å². The molecule has 2 nitrogen and oxygen atoms in total. The van der Waals surface area contributed by atoms with Crippen molar-refractivity contribution in [3.05, 3.63) is 22.4 Å². The van der Waals surface area contributed by atoms with Gasteiger partial charge in [-0.2, -0.15) is 11.3 Å². The Labute approximate surface area is 124 Å². The zero-order valence-electron chi connectivity index (χ0n) is 10.8. The fraction of sp³-hybridized carbons (Fsp3) is 0.643. The van der Waals surface area contributed by atoms with Crippen molar-refractivity contribution in [3.63, 3.8) is 0 Å². The van der Waals surface area contributed by atoms with Gasteiger partial charge in [0.2, 0.25) is 0 Å². The molecule has 0 spiro atoms. The summed E-state index contributed by atoms with van der Waals surface area (Å²) in [6.07, 6.45) is 7.13. The summed E-state index contributed by atoms with van der Waals surface area (Å²) in [6.45, 7) is 3.55. The second kappa shape index (κ2) is 8.83. The predicted molar refractivity (Wildman–Crippen MR) is 83.1 cm³/mol. The molecule has 2 rings (SSSR count). The monoisotopic (exact) mass is 331 g/mol. The molecule has 1 aliphatic rings. The minimum Gasteiger partial charge on any atom is -0.303 e. The number of likely N-dealkylation sites (tertiary alicyclic amines) is 1. The average molecular weight is 332 g/mol. The Morgan fingerprint density at radius 1 is 1.22 bits per heavy atom. The second-order valence-electron chi connectivity index (χ2n) is 4.79. The van der Waals surface area contributed by atoms with Crippen LogP contribution in [0.15, 0.2) is 16.8 Å². The quantitative estimate of drug-likeness (QED) is 0.755. The van der Waals surface area contributed by atoms with Gasteiger partial charge in [-0.3, -0.25) is 4.79 Å². The Kier molecular flexibility index (Phi) is 7.79. The SMILES string of the molecule is Br.O=C(CCCN1CCCCCC1)c1ccsc1. The third kappa shape index (κ3) is 5.21. The van der Waals surface area contributed by atoms with Gasteiger partial charge >= 0.3 is 0 Å². The van der Waals surface area contributed by atoms with Crippen LogP contribution >= 0.6 is 28.3 Å². The van der Waals surface area contributed by atoms with E-state index >= 15 is 0 Å². The van der Waals surface area contributed by atoms with Gasteiger partial charge in [0.25, 0.3) is 0 Å². The van der Waals surface area contributed by atoms with Crippen molar-refractivity contribution in [3.8, 4) is 0 Å². The number of hydrogen-bond acceptors (Lipinski definition) is 3. The van der Waals surface area contributed by atoms with E-state index in [9.17, 15) is 4.79 Å². The summed E-state index contributed by atoms with van der Waals surface area (Å²) in [5.74, 6) is 0.307. The summed E-state index contributed by atoms with van der Waals surface area (Å²) in [5.41, 5.74) is 0.894. The molecule has 1 aliphatic heterocycles.